The lowest BCUT2D eigenvalue weighted by Crippen LogP contribution is -2.32. The molecule has 2 aromatic rings. The molecular formula is C14H14N2O5. The summed E-state index contributed by atoms with van der Waals surface area (Å²) in [6, 6.07) is 6.47. The van der Waals surface area contributed by atoms with E-state index in [1.807, 2.05) is 0 Å². The number of aryl methyl sites for hydroxylation is 1. The summed E-state index contributed by atoms with van der Waals surface area (Å²) in [6.45, 7) is -0.0844. The van der Waals surface area contributed by atoms with Crippen molar-refractivity contribution in [3.05, 3.63) is 40.2 Å². The Morgan fingerprint density at radius 2 is 1.95 bits per heavy atom. The smallest absolute Gasteiger partial charge is 0.305 e. The number of hydrogen-bond acceptors (Lipinski definition) is 4. The van der Waals surface area contributed by atoms with E-state index in [4.69, 9.17) is 5.11 Å². The van der Waals surface area contributed by atoms with Crippen LogP contribution in [0.3, 0.4) is 0 Å². The summed E-state index contributed by atoms with van der Waals surface area (Å²) in [5.41, 5.74) is -0.720. The van der Waals surface area contributed by atoms with Crippen LogP contribution in [-0.4, -0.2) is 33.7 Å². The highest BCUT2D eigenvalue weighted by molar-refractivity contribution is 6.02. The normalized spacial score (nSPS) is 10.5. The summed E-state index contributed by atoms with van der Waals surface area (Å²) in [6.07, 6.45) is -0.262. The van der Waals surface area contributed by atoms with Gasteiger partial charge < -0.3 is 20.1 Å². The zero-order chi connectivity index (χ0) is 15.6. The fourth-order valence-electron chi connectivity index (χ4n) is 2.15. The molecule has 0 aliphatic rings. The number of rotatable bonds is 4. The number of aliphatic carboxylic acids is 1. The van der Waals surface area contributed by atoms with Crippen LogP contribution in [0.1, 0.15) is 16.8 Å². The van der Waals surface area contributed by atoms with E-state index in [0.29, 0.717) is 10.9 Å². The zero-order valence-corrected chi connectivity index (χ0v) is 11.3. The van der Waals surface area contributed by atoms with Crippen molar-refractivity contribution in [2.45, 2.75) is 13.0 Å². The Kier molecular flexibility index (Phi) is 3.93. The fourth-order valence-corrected chi connectivity index (χ4v) is 2.15. The van der Waals surface area contributed by atoms with Crippen LogP contribution in [0.25, 0.3) is 10.9 Å². The van der Waals surface area contributed by atoms with Crippen LogP contribution >= 0.6 is 0 Å². The van der Waals surface area contributed by atoms with Crippen molar-refractivity contribution in [1.29, 1.82) is 0 Å². The lowest BCUT2D eigenvalue weighted by atomic mass is 10.1. The minimum atomic E-state index is -1.06. The van der Waals surface area contributed by atoms with Crippen LogP contribution in [0.15, 0.2) is 29.1 Å². The van der Waals surface area contributed by atoms with Crippen molar-refractivity contribution in [3.8, 4) is 5.75 Å². The largest absolute Gasteiger partial charge is 0.506 e. The van der Waals surface area contributed by atoms with Gasteiger partial charge >= 0.3 is 5.97 Å². The van der Waals surface area contributed by atoms with Crippen LogP contribution < -0.4 is 10.9 Å². The number of carboxylic acid groups (broad SMARTS) is 1. The Hall–Kier alpha value is -2.83. The van der Waals surface area contributed by atoms with Crippen molar-refractivity contribution >= 4 is 22.8 Å². The van der Waals surface area contributed by atoms with Crippen LogP contribution in [0.2, 0.25) is 0 Å². The molecule has 1 aromatic carbocycles. The number of carboxylic acids is 1. The maximum absolute atomic E-state index is 12.4. The summed E-state index contributed by atoms with van der Waals surface area (Å²) < 4.78 is 1.19. The Bertz CT molecular complexity index is 779. The van der Waals surface area contributed by atoms with Gasteiger partial charge in [0.2, 0.25) is 0 Å². The third kappa shape index (κ3) is 2.58. The van der Waals surface area contributed by atoms with E-state index in [-0.39, 0.29) is 18.5 Å². The first-order valence-corrected chi connectivity index (χ1v) is 6.25. The molecule has 0 aliphatic heterocycles. The van der Waals surface area contributed by atoms with Crippen molar-refractivity contribution in [1.82, 2.24) is 9.88 Å². The van der Waals surface area contributed by atoms with Gasteiger partial charge in [0, 0.05) is 19.0 Å². The molecule has 2 rings (SSSR count). The van der Waals surface area contributed by atoms with Crippen molar-refractivity contribution in [2.24, 2.45) is 0 Å². The van der Waals surface area contributed by atoms with Crippen molar-refractivity contribution < 1.29 is 19.8 Å². The maximum atomic E-state index is 12.4. The number of carbonyl (C=O) groups excluding carboxylic acids is 1. The van der Waals surface area contributed by atoms with Gasteiger partial charge in [0.1, 0.15) is 11.3 Å². The average Bonchev–Trinajstić information content (AvgIpc) is 2.46. The third-order valence-electron chi connectivity index (χ3n) is 3.15. The van der Waals surface area contributed by atoms with Crippen LogP contribution in [0, 0.1) is 0 Å². The van der Waals surface area contributed by atoms with Gasteiger partial charge in [0.15, 0.2) is 0 Å². The third-order valence-corrected chi connectivity index (χ3v) is 3.15. The number of aromatic hydroxyl groups is 1. The number of benzene rings is 1. The minimum Gasteiger partial charge on any atom is -0.506 e. The van der Waals surface area contributed by atoms with Gasteiger partial charge in [-0.05, 0) is 12.1 Å². The van der Waals surface area contributed by atoms with Crippen LogP contribution in [-0.2, 0) is 11.3 Å². The van der Waals surface area contributed by atoms with E-state index in [1.165, 1.54) is 11.6 Å². The molecule has 0 aliphatic carbocycles. The summed E-state index contributed by atoms with van der Waals surface area (Å²) >= 11 is 0. The van der Waals surface area contributed by atoms with E-state index in [1.54, 1.807) is 24.3 Å². The molecule has 0 radical (unpaired) electrons. The summed E-state index contributed by atoms with van der Waals surface area (Å²) in [5.74, 6) is -2.17. The van der Waals surface area contributed by atoms with E-state index in [0.717, 1.165) is 0 Å². The van der Waals surface area contributed by atoms with Crippen molar-refractivity contribution in [2.75, 3.05) is 7.05 Å². The molecule has 1 heterocycles. The molecule has 110 valence electrons. The van der Waals surface area contributed by atoms with Gasteiger partial charge in [-0.2, -0.15) is 0 Å². The summed E-state index contributed by atoms with van der Waals surface area (Å²) in [4.78, 5) is 34.9. The fraction of sp³-hybridized carbons (Fsp3) is 0.214. The van der Waals surface area contributed by atoms with E-state index < -0.39 is 23.2 Å². The van der Waals surface area contributed by atoms with Crippen molar-refractivity contribution in [3.63, 3.8) is 0 Å². The second kappa shape index (κ2) is 5.66. The predicted molar refractivity (Wildman–Crippen MR) is 75.5 cm³/mol. The number of nitrogens with zero attached hydrogens (tertiary/aromatic N) is 1. The van der Waals surface area contributed by atoms with Gasteiger partial charge in [0.25, 0.3) is 11.5 Å². The van der Waals surface area contributed by atoms with Gasteiger partial charge in [-0.1, -0.05) is 12.1 Å². The van der Waals surface area contributed by atoms with Crippen LogP contribution in [0.5, 0.6) is 5.75 Å². The lowest BCUT2D eigenvalue weighted by molar-refractivity contribution is -0.137. The zero-order valence-electron chi connectivity index (χ0n) is 11.3. The molecule has 21 heavy (non-hydrogen) atoms. The SMILES string of the molecule is CNC(=O)c1c(O)c2ccccc2n(CCC(=O)O)c1=O. The molecule has 0 unspecified atom stereocenters. The van der Waals surface area contributed by atoms with Gasteiger partial charge in [-0.3, -0.25) is 14.4 Å². The molecular weight excluding hydrogens is 276 g/mol. The molecule has 0 bridgehead atoms. The first-order valence-electron chi connectivity index (χ1n) is 6.25. The average molecular weight is 290 g/mol. The predicted octanol–water partition coefficient (Wildman–Crippen LogP) is 0.541. The lowest BCUT2D eigenvalue weighted by Gasteiger charge is -2.13. The number of para-hydroxylation sites is 1. The Morgan fingerprint density at radius 3 is 2.57 bits per heavy atom. The topological polar surface area (TPSA) is 109 Å². The van der Waals surface area contributed by atoms with Crippen LogP contribution in [0.4, 0.5) is 0 Å². The molecule has 0 spiro atoms. The molecule has 0 atom stereocenters. The summed E-state index contributed by atoms with van der Waals surface area (Å²) in [7, 11) is 1.35. The molecule has 1 amide bonds. The number of fused-ring (bicyclic) bond motifs is 1. The second-order valence-electron chi connectivity index (χ2n) is 4.42. The van der Waals surface area contributed by atoms with Gasteiger partial charge in [-0.15, -0.1) is 0 Å². The Balaban J connectivity index is 2.78. The molecule has 3 N–H and O–H groups in total. The minimum absolute atomic E-state index is 0.0844. The quantitative estimate of drug-likeness (QED) is 0.761. The number of aromatic nitrogens is 1. The monoisotopic (exact) mass is 290 g/mol. The Labute approximate surface area is 119 Å². The molecule has 0 saturated heterocycles. The van der Waals surface area contributed by atoms with E-state index in [2.05, 4.69) is 5.32 Å². The highest BCUT2D eigenvalue weighted by atomic mass is 16.4. The second-order valence-corrected chi connectivity index (χ2v) is 4.42. The molecule has 7 heteroatoms. The van der Waals surface area contributed by atoms with E-state index in [9.17, 15) is 19.5 Å². The summed E-state index contributed by atoms with van der Waals surface area (Å²) in [5, 5.41) is 21.5. The van der Waals surface area contributed by atoms with E-state index >= 15 is 0 Å². The standard InChI is InChI=1S/C14H14N2O5/c1-15-13(20)11-12(19)8-4-2-3-5-9(8)16(14(11)21)7-6-10(17)18/h2-5,19H,6-7H2,1H3,(H,15,20)(H,17,18). The number of hydrogen-bond donors (Lipinski definition) is 3. The highest BCUT2D eigenvalue weighted by Gasteiger charge is 2.21. The molecule has 7 nitrogen and oxygen atoms in total. The number of nitrogens with one attached hydrogen (secondary N) is 1. The molecule has 0 saturated carbocycles. The number of pyridine rings is 1. The first-order chi connectivity index (χ1) is 9.97. The highest BCUT2D eigenvalue weighted by Crippen LogP contribution is 2.26. The van der Waals surface area contributed by atoms with Gasteiger partial charge in [-0.25, -0.2) is 0 Å². The first kappa shape index (κ1) is 14.6. The number of amides is 1. The Morgan fingerprint density at radius 1 is 1.29 bits per heavy atom. The van der Waals surface area contributed by atoms with Gasteiger partial charge in [0.05, 0.1) is 11.9 Å². The number of carbonyl (C=O) groups is 2. The molecule has 1 aromatic heterocycles. The maximum Gasteiger partial charge on any atom is 0.305 e. The molecule has 0 fully saturated rings.